The highest BCUT2D eigenvalue weighted by Crippen LogP contribution is 2.32. The van der Waals surface area contributed by atoms with Gasteiger partial charge in [0, 0.05) is 41.6 Å². The van der Waals surface area contributed by atoms with Crippen molar-refractivity contribution in [2.75, 3.05) is 18.4 Å². The summed E-state index contributed by atoms with van der Waals surface area (Å²) in [6.07, 6.45) is -1.20. The van der Waals surface area contributed by atoms with Gasteiger partial charge in [0.25, 0.3) is 11.8 Å². The lowest BCUT2D eigenvalue weighted by molar-refractivity contribution is -0.0861. The van der Waals surface area contributed by atoms with Gasteiger partial charge in [-0.1, -0.05) is 11.6 Å². The van der Waals surface area contributed by atoms with Crippen LogP contribution in [0.3, 0.4) is 0 Å². The molecule has 1 aromatic carbocycles. The molecule has 2 amide bonds. The number of benzene rings is 1. The Balaban J connectivity index is 1.91. The molecule has 0 radical (unpaired) electrons. The number of nitrogens with zero attached hydrogens (tertiary/aromatic N) is 2. The lowest BCUT2D eigenvalue weighted by Crippen LogP contribution is -2.59. The average molecular weight is 590 g/mol. The van der Waals surface area contributed by atoms with Crippen molar-refractivity contribution in [2.24, 2.45) is 6.98 Å². The SMILES string of the molecule is [2H]C([2H])([2H])n1cc(S(=O)(=O)NC2CCN(C(=O)OC(C)(C)C)CC2(F)F)c(Cl)c1C(=O)Nc1cc(F)c(F)c(F)c1. The second-order valence-electron chi connectivity index (χ2n) is 9.36. The molecular weight excluding hydrogens is 563 g/mol. The number of sulfonamides is 1. The number of hydrogen-bond acceptors (Lipinski definition) is 5. The Bertz CT molecular complexity index is 1460. The first-order chi connectivity index (χ1) is 18.5. The van der Waals surface area contributed by atoms with Gasteiger partial charge in [0.1, 0.15) is 16.2 Å². The first kappa shape index (κ1) is 25.4. The fourth-order valence-corrected chi connectivity index (χ4v) is 5.39. The summed E-state index contributed by atoms with van der Waals surface area (Å²) in [5.41, 5.74) is -2.66. The molecular formula is C22H24ClF5N4O5S. The molecule has 210 valence electrons. The Kier molecular flexibility index (Phi) is 6.90. The Hall–Kier alpha value is -2.91. The second kappa shape index (κ2) is 10.3. The summed E-state index contributed by atoms with van der Waals surface area (Å²) < 4.78 is 126. The van der Waals surface area contributed by atoms with Crippen molar-refractivity contribution in [2.45, 2.75) is 49.7 Å². The van der Waals surface area contributed by atoms with Crippen LogP contribution in [0.4, 0.5) is 32.4 Å². The van der Waals surface area contributed by atoms with Gasteiger partial charge in [-0.15, -0.1) is 0 Å². The van der Waals surface area contributed by atoms with E-state index < -0.39 is 98.3 Å². The predicted molar refractivity (Wildman–Crippen MR) is 126 cm³/mol. The number of aryl methyl sites for hydroxylation is 1. The van der Waals surface area contributed by atoms with Crippen LogP contribution in [0.1, 0.15) is 41.8 Å². The number of amides is 2. The van der Waals surface area contributed by atoms with Gasteiger partial charge in [-0.2, -0.15) is 0 Å². The monoisotopic (exact) mass is 589 g/mol. The summed E-state index contributed by atoms with van der Waals surface area (Å²) >= 11 is 6.07. The zero-order valence-electron chi connectivity index (χ0n) is 23.0. The molecule has 0 bridgehead atoms. The number of nitrogens with one attached hydrogen (secondary N) is 2. The summed E-state index contributed by atoms with van der Waals surface area (Å²) in [5.74, 6) is -10.5. The van der Waals surface area contributed by atoms with Gasteiger partial charge in [0.05, 0.1) is 17.6 Å². The van der Waals surface area contributed by atoms with E-state index in [1.807, 2.05) is 5.32 Å². The molecule has 1 aliphatic heterocycles. The molecule has 1 aromatic heterocycles. The molecule has 16 heteroatoms. The molecule has 1 fully saturated rings. The van der Waals surface area contributed by atoms with Gasteiger partial charge in [-0.05, 0) is 27.2 Å². The smallest absolute Gasteiger partial charge is 0.410 e. The first-order valence-corrected chi connectivity index (χ1v) is 12.6. The molecule has 1 atom stereocenters. The van der Waals surface area contributed by atoms with E-state index in [-0.39, 0.29) is 11.1 Å². The standard InChI is InChI=1S/C22H24ClF5N4O5S/c1-21(2,3)37-20(34)32-6-5-15(22(27,28)10-32)30-38(35,36)14-9-31(4)18(16(14)23)19(33)29-11-7-12(24)17(26)13(25)8-11/h7-9,15,30H,5-6,10H2,1-4H3,(H,29,33)/i4D3. The fourth-order valence-electron chi connectivity index (χ4n) is 3.49. The third kappa shape index (κ3) is 6.38. The van der Waals surface area contributed by atoms with Crippen molar-refractivity contribution in [1.29, 1.82) is 0 Å². The highest BCUT2D eigenvalue weighted by Gasteiger charge is 2.48. The van der Waals surface area contributed by atoms with Crippen molar-refractivity contribution in [3.8, 4) is 0 Å². The van der Waals surface area contributed by atoms with Crippen LogP contribution >= 0.6 is 11.6 Å². The molecule has 38 heavy (non-hydrogen) atoms. The van der Waals surface area contributed by atoms with Crippen molar-refractivity contribution in [1.82, 2.24) is 14.2 Å². The third-order valence-corrected chi connectivity index (χ3v) is 7.18. The predicted octanol–water partition coefficient (Wildman–Crippen LogP) is 4.27. The Morgan fingerprint density at radius 2 is 1.82 bits per heavy atom. The molecule has 1 aliphatic rings. The minimum absolute atomic E-state index is 0.152. The number of likely N-dealkylation sites (tertiary alicyclic amines) is 1. The molecule has 0 saturated carbocycles. The minimum Gasteiger partial charge on any atom is -0.444 e. The zero-order chi connectivity index (χ0) is 31.3. The average Bonchev–Trinajstić information content (AvgIpc) is 3.16. The van der Waals surface area contributed by atoms with E-state index in [4.69, 9.17) is 20.5 Å². The number of halogens is 6. The number of carbonyl (C=O) groups is 2. The summed E-state index contributed by atoms with van der Waals surface area (Å²) in [6.45, 7) is -0.165. The largest absolute Gasteiger partial charge is 0.444 e. The maximum atomic E-state index is 14.9. The van der Waals surface area contributed by atoms with E-state index in [1.54, 1.807) is 4.72 Å². The van der Waals surface area contributed by atoms with E-state index in [9.17, 15) is 40.0 Å². The molecule has 3 rings (SSSR count). The zero-order valence-corrected chi connectivity index (χ0v) is 21.6. The molecule has 2 N–H and O–H groups in total. The highest BCUT2D eigenvalue weighted by molar-refractivity contribution is 7.89. The Morgan fingerprint density at radius 3 is 2.34 bits per heavy atom. The first-order valence-electron chi connectivity index (χ1n) is 12.3. The van der Waals surface area contributed by atoms with Crippen LogP contribution < -0.4 is 10.0 Å². The van der Waals surface area contributed by atoms with Crippen LogP contribution in [0, 0.1) is 17.5 Å². The van der Waals surface area contributed by atoms with Gasteiger partial charge < -0.3 is 19.5 Å². The number of piperidine rings is 1. The highest BCUT2D eigenvalue weighted by atomic mass is 35.5. The molecule has 9 nitrogen and oxygen atoms in total. The summed E-state index contributed by atoms with van der Waals surface area (Å²) in [6, 6.07) is -1.32. The van der Waals surface area contributed by atoms with Crippen molar-refractivity contribution in [3.05, 3.63) is 46.5 Å². The van der Waals surface area contributed by atoms with E-state index in [2.05, 4.69) is 0 Å². The maximum Gasteiger partial charge on any atom is 0.410 e. The van der Waals surface area contributed by atoms with Gasteiger partial charge in [-0.3, -0.25) is 4.79 Å². The Labute approximate surface area is 224 Å². The summed E-state index contributed by atoms with van der Waals surface area (Å²) in [7, 11) is -5.03. The van der Waals surface area contributed by atoms with Gasteiger partial charge in [-0.25, -0.2) is 39.9 Å². The number of aromatic nitrogens is 1. The van der Waals surface area contributed by atoms with Crippen LogP contribution in [-0.2, 0) is 21.7 Å². The van der Waals surface area contributed by atoms with Crippen LogP contribution in [0.2, 0.25) is 5.02 Å². The van der Waals surface area contributed by atoms with Gasteiger partial charge in [0.15, 0.2) is 17.5 Å². The summed E-state index contributed by atoms with van der Waals surface area (Å²) in [4.78, 5) is 24.7. The molecule has 1 unspecified atom stereocenters. The van der Waals surface area contributed by atoms with Crippen LogP contribution in [0.25, 0.3) is 0 Å². The van der Waals surface area contributed by atoms with Gasteiger partial charge >= 0.3 is 6.09 Å². The molecule has 2 aromatic rings. The number of hydrogen-bond donors (Lipinski definition) is 2. The maximum absolute atomic E-state index is 14.9. The normalized spacial score (nSPS) is 19.3. The quantitative estimate of drug-likeness (QED) is 0.400. The van der Waals surface area contributed by atoms with Crippen LogP contribution in [0.15, 0.2) is 23.2 Å². The van der Waals surface area contributed by atoms with Crippen molar-refractivity contribution in [3.63, 3.8) is 0 Å². The lowest BCUT2D eigenvalue weighted by Gasteiger charge is -2.38. The topological polar surface area (TPSA) is 110 Å². The third-order valence-electron chi connectivity index (χ3n) is 5.21. The summed E-state index contributed by atoms with van der Waals surface area (Å²) in [5, 5.41) is 0.875. The fraction of sp³-hybridized carbons (Fsp3) is 0.455. The molecule has 2 heterocycles. The minimum atomic E-state index is -5.03. The van der Waals surface area contributed by atoms with E-state index in [0.29, 0.717) is 23.2 Å². The number of alkyl halides is 2. The molecule has 0 spiro atoms. The van der Waals surface area contributed by atoms with E-state index >= 15 is 0 Å². The number of ether oxygens (including phenoxy) is 1. The molecule has 1 saturated heterocycles. The number of rotatable bonds is 5. The van der Waals surface area contributed by atoms with Crippen molar-refractivity contribution >= 4 is 39.3 Å². The number of carbonyl (C=O) groups excluding carboxylic acids is 2. The Morgan fingerprint density at radius 1 is 1.21 bits per heavy atom. The van der Waals surface area contributed by atoms with Crippen LogP contribution in [-0.4, -0.2) is 60.5 Å². The van der Waals surface area contributed by atoms with Gasteiger partial charge in [0.2, 0.25) is 10.0 Å². The lowest BCUT2D eigenvalue weighted by atomic mass is 10.0. The number of anilines is 1. The molecule has 0 aliphatic carbocycles. The van der Waals surface area contributed by atoms with Crippen LogP contribution in [0.5, 0.6) is 0 Å². The van der Waals surface area contributed by atoms with E-state index in [0.717, 1.165) is 0 Å². The van der Waals surface area contributed by atoms with Crippen molar-refractivity contribution < 1.29 is 48.8 Å². The van der Waals surface area contributed by atoms with E-state index in [1.165, 1.54) is 20.8 Å². The second-order valence-corrected chi connectivity index (χ2v) is 11.4.